The number of nitrogens with zero attached hydrogens (tertiary/aromatic N) is 1. The summed E-state index contributed by atoms with van der Waals surface area (Å²) >= 11 is 0. The van der Waals surface area contributed by atoms with Gasteiger partial charge in [-0.15, -0.1) is 0 Å². The lowest BCUT2D eigenvalue weighted by atomic mass is 10.1. The van der Waals surface area contributed by atoms with Gasteiger partial charge in [0, 0.05) is 31.8 Å². The highest BCUT2D eigenvalue weighted by Crippen LogP contribution is 2.01. The number of carbonyl (C=O) groups is 1. The Morgan fingerprint density at radius 3 is 2.09 bits per heavy atom. The molecular formula is C9H17NO. The van der Waals surface area contributed by atoms with Crippen LogP contribution in [-0.2, 0) is 4.79 Å². The summed E-state index contributed by atoms with van der Waals surface area (Å²) in [5, 5.41) is 0. The first-order valence-electron chi connectivity index (χ1n) is 3.84. The summed E-state index contributed by atoms with van der Waals surface area (Å²) in [7, 11) is 3.86. The van der Waals surface area contributed by atoms with Crippen molar-refractivity contribution < 1.29 is 4.79 Å². The molecule has 2 nitrogen and oxygen atoms in total. The van der Waals surface area contributed by atoms with E-state index in [1.165, 1.54) is 0 Å². The molecule has 0 fully saturated rings. The van der Waals surface area contributed by atoms with E-state index >= 15 is 0 Å². The van der Waals surface area contributed by atoms with Crippen molar-refractivity contribution >= 4 is 5.78 Å². The molecule has 0 atom stereocenters. The fourth-order valence-electron chi connectivity index (χ4n) is 0.502. The Morgan fingerprint density at radius 1 is 1.36 bits per heavy atom. The lowest BCUT2D eigenvalue weighted by Gasteiger charge is -2.12. The molecule has 0 aliphatic heterocycles. The van der Waals surface area contributed by atoms with Gasteiger partial charge in [0.15, 0.2) is 5.78 Å². The van der Waals surface area contributed by atoms with Gasteiger partial charge in [0.25, 0.3) is 0 Å². The quantitative estimate of drug-likeness (QED) is 0.578. The minimum Gasteiger partial charge on any atom is -0.381 e. The van der Waals surface area contributed by atoms with Gasteiger partial charge in [0.05, 0.1) is 0 Å². The van der Waals surface area contributed by atoms with Gasteiger partial charge in [-0.2, -0.15) is 0 Å². The third-order valence-electron chi connectivity index (χ3n) is 1.63. The van der Waals surface area contributed by atoms with E-state index in [0.717, 1.165) is 5.70 Å². The van der Waals surface area contributed by atoms with Crippen LogP contribution in [0, 0.1) is 5.92 Å². The zero-order valence-electron chi connectivity index (χ0n) is 8.01. The van der Waals surface area contributed by atoms with Crippen molar-refractivity contribution in [1.82, 2.24) is 4.90 Å². The van der Waals surface area contributed by atoms with Crippen molar-refractivity contribution in [1.29, 1.82) is 0 Å². The topological polar surface area (TPSA) is 20.3 Å². The molecule has 0 unspecified atom stereocenters. The lowest BCUT2D eigenvalue weighted by molar-refractivity contribution is -0.117. The molecule has 0 N–H and O–H groups in total. The SMILES string of the molecule is C/C(=C/C(=O)C(C)C)N(C)C. The van der Waals surface area contributed by atoms with Crippen LogP contribution in [0.1, 0.15) is 20.8 Å². The molecule has 0 rings (SSSR count). The van der Waals surface area contributed by atoms with Gasteiger partial charge in [-0.1, -0.05) is 13.8 Å². The fraction of sp³-hybridized carbons (Fsp3) is 0.667. The summed E-state index contributed by atoms with van der Waals surface area (Å²) in [6.45, 7) is 5.74. The Morgan fingerprint density at radius 2 is 1.82 bits per heavy atom. The van der Waals surface area contributed by atoms with Crippen molar-refractivity contribution in [2.24, 2.45) is 5.92 Å². The smallest absolute Gasteiger partial charge is 0.159 e. The lowest BCUT2D eigenvalue weighted by Crippen LogP contribution is -2.12. The number of hydrogen-bond donors (Lipinski definition) is 0. The average Bonchev–Trinajstić information content (AvgIpc) is 1.87. The second kappa shape index (κ2) is 4.16. The summed E-state index contributed by atoms with van der Waals surface area (Å²) in [6.07, 6.45) is 1.69. The maximum Gasteiger partial charge on any atom is 0.159 e. The minimum atomic E-state index is 0.102. The maximum atomic E-state index is 11.2. The molecule has 0 aliphatic carbocycles. The van der Waals surface area contributed by atoms with Crippen LogP contribution in [0.25, 0.3) is 0 Å². The van der Waals surface area contributed by atoms with Crippen LogP contribution in [0.5, 0.6) is 0 Å². The van der Waals surface area contributed by atoms with E-state index in [4.69, 9.17) is 0 Å². The van der Waals surface area contributed by atoms with Crippen LogP contribution >= 0.6 is 0 Å². The van der Waals surface area contributed by atoms with E-state index < -0.39 is 0 Å². The summed E-state index contributed by atoms with van der Waals surface area (Å²) in [6, 6.07) is 0. The molecule has 0 saturated heterocycles. The summed E-state index contributed by atoms with van der Waals surface area (Å²) in [5.41, 5.74) is 1.00. The van der Waals surface area contributed by atoms with Crippen molar-refractivity contribution in [3.63, 3.8) is 0 Å². The molecular weight excluding hydrogens is 138 g/mol. The van der Waals surface area contributed by atoms with Gasteiger partial charge in [0.2, 0.25) is 0 Å². The van der Waals surface area contributed by atoms with Gasteiger partial charge in [0.1, 0.15) is 0 Å². The first-order chi connectivity index (χ1) is 4.95. The van der Waals surface area contributed by atoms with Crippen molar-refractivity contribution in [3.8, 4) is 0 Å². The van der Waals surface area contributed by atoms with Crippen molar-refractivity contribution in [3.05, 3.63) is 11.8 Å². The second-order valence-corrected chi connectivity index (χ2v) is 3.24. The Kier molecular flexibility index (Phi) is 3.86. The molecule has 2 heteroatoms. The molecule has 0 aromatic heterocycles. The normalized spacial score (nSPS) is 12.0. The second-order valence-electron chi connectivity index (χ2n) is 3.24. The summed E-state index contributed by atoms with van der Waals surface area (Å²) in [4.78, 5) is 13.1. The Bertz CT molecular complexity index is 168. The van der Waals surface area contributed by atoms with E-state index in [-0.39, 0.29) is 11.7 Å². The van der Waals surface area contributed by atoms with Crippen molar-refractivity contribution in [2.75, 3.05) is 14.1 Å². The molecule has 0 amide bonds. The zero-order valence-corrected chi connectivity index (χ0v) is 8.01. The molecule has 0 heterocycles. The van der Waals surface area contributed by atoms with E-state index in [9.17, 15) is 4.79 Å². The maximum absolute atomic E-state index is 11.2. The predicted molar refractivity (Wildman–Crippen MR) is 47.3 cm³/mol. The van der Waals surface area contributed by atoms with Crippen LogP contribution in [-0.4, -0.2) is 24.8 Å². The highest BCUT2D eigenvalue weighted by molar-refractivity contribution is 5.91. The molecule has 11 heavy (non-hydrogen) atoms. The third-order valence-corrected chi connectivity index (χ3v) is 1.63. The standard InChI is InChI=1S/C9H17NO/c1-7(2)9(11)6-8(3)10(4)5/h6-7H,1-5H3/b8-6-. The first-order valence-corrected chi connectivity index (χ1v) is 3.84. The minimum absolute atomic E-state index is 0.102. The van der Waals surface area contributed by atoms with E-state index in [2.05, 4.69) is 0 Å². The molecule has 0 bridgehead atoms. The average molecular weight is 155 g/mol. The molecule has 0 aliphatic rings. The van der Waals surface area contributed by atoms with Gasteiger partial charge in [-0.25, -0.2) is 0 Å². The Labute approximate surface area is 68.9 Å². The van der Waals surface area contributed by atoms with Gasteiger partial charge in [-0.05, 0) is 6.92 Å². The van der Waals surface area contributed by atoms with Crippen LogP contribution in [0.4, 0.5) is 0 Å². The molecule has 0 radical (unpaired) electrons. The molecule has 0 aromatic rings. The zero-order chi connectivity index (χ0) is 9.02. The number of ketones is 1. The van der Waals surface area contributed by atoms with E-state index in [1.54, 1.807) is 6.08 Å². The molecule has 0 saturated carbocycles. The van der Waals surface area contributed by atoms with Crippen LogP contribution in [0.3, 0.4) is 0 Å². The van der Waals surface area contributed by atoms with Crippen LogP contribution in [0.2, 0.25) is 0 Å². The highest BCUT2D eigenvalue weighted by atomic mass is 16.1. The van der Waals surface area contributed by atoms with Gasteiger partial charge < -0.3 is 4.90 Å². The van der Waals surface area contributed by atoms with E-state index in [1.807, 2.05) is 39.8 Å². The van der Waals surface area contributed by atoms with Gasteiger partial charge >= 0.3 is 0 Å². The Hall–Kier alpha value is -0.790. The largest absolute Gasteiger partial charge is 0.381 e. The predicted octanol–water partition coefficient (Wildman–Crippen LogP) is 1.68. The summed E-state index contributed by atoms with van der Waals surface area (Å²) < 4.78 is 0. The Balaban J connectivity index is 4.20. The van der Waals surface area contributed by atoms with Crippen LogP contribution < -0.4 is 0 Å². The van der Waals surface area contributed by atoms with Crippen molar-refractivity contribution in [2.45, 2.75) is 20.8 Å². The molecule has 0 spiro atoms. The first kappa shape index (κ1) is 10.2. The number of hydrogen-bond acceptors (Lipinski definition) is 2. The van der Waals surface area contributed by atoms with E-state index in [0.29, 0.717) is 0 Å². The van der Waals surface area contributed by atoms with Crippen LogP contribution in [0.15, 0.2) is 11.8 Å². The molecule has 0 aromatic carbocycles. The fourth-order valence-corrected chi connectivity index (χ4v) is 0.502. The van der Waals surface area contributed by atoms with Gasteiger partial charge in [-0.3, -0.25) is 4.79 Å². The summed E-state index contributed by atoms with van der Waals surface area (Å²) in [5.74, 6) is 0.293. The number of carbonyl (C=O) groups excluding carboxylic acids is 1. The molecule has 64 valence electrons. The number of rotatable bonds is 3. The third kappa shape index (κ3) is 3.81. The highest BCUT2D eigenvalue weighted by Gasteiger charge is 2.03. The monoisotopic (exact) mass is 155 g/mol. The number of allylic oxidation sites excluding steroid dienone is 2.